The minimum atomic E-state index is -0.936. The van der Waals surface area contributed by atoms with Crippen LogP contribution in [-0.4, -0.2) is 67.9 Å². The van der Waals surface area contributed by atoms with E-state index >= 15 is 0 Å². The molecule has 0 saturated carbocycles. The van der Waals surface area contributed by atoms with Crippen molar-refractivity contribution in [3.63, 3.8) is 0 Å². The fourth-order valence-corrected chi connectivity index (χ4v) is 6.45. The van der Waals surface area contributed by atoms with Crippen LogP contribution in [0.25, 0.3) is 0 Å². The van der Waals surface area contributed by atoms with Crippen molar-refractivity contribution in [3.8, 4) is 0 Å². The van der Waals surface area contributed by atoms with Crippen LogP contribution in [0.1, 0.15) is 23.1 Å². The number of amides is 2. The third-order valence-electron chi connectivity index (χ3n) is 6.17. The Balaban J connectivity index is 1.37. The number of halogens is 1. The largest absolute Gasteiger partial charge is 0.448 e. The number of anilines is 1. The van der Waals surface area contributed by atoms with E-state index in [1.165, 1.54) is 23.8 Å². The average molecular weight is 599 g/mol. The predicted octanol–water partition coefficient (Wildman–Crippen LogP) is 2.70. The first-order valence-electron chi connectivity index (χ1n) is 12.0. The van der Waals surface area contributed by atoms with E-state index in [0.29, 0.717) is 11.3 Å². The number of benzene rings is 2. The lowest BCUT2D eigenvalue weighted by Gasteiger charge is -2.49. The van der Waals surface area contributed by atoms with Crippen LogP contribution in [0.5, 0.6) is 0 Å². The molecule has 3 aromatic rings. The predicted molar refractivity (Wildman–Crippen MR) is 151 cm³/mol. The van der Waals surface area contributed by atoms with Gasteiger partial charge >= 0.3 is 5.97 Å². The van der Waals surface area contributed by atoms with E-state index in [-0.39, 0.29) is 28.2 Å². The molecule has 2 aromatic carbocycles. The molecular weight excluding hydrogens is 576 g/mol. The second-order valence-corrected chi connectivity index (χ2v) is 10.8. The topological polar surface area (TPSA) is 149 Å². The number of esters is 1. The second kappa shape index (κ2) is 12.1. The first-order valence-corrected chi connectivity index (χ1v) is 14.3. The second-order valence-electron chi connectivity index (χ2n) is 8.63. The number of aromatic nitrogens is 2. The Labute approximate surface area is 242 Å². The maximum atomic E-state index is 13.7. The third kappa shape index (κ3) is 5.40. The van der Waals surface area contributed by atoms with Gasteiger partial charge in [-0.05, 0) is 16.7 Å². The molecule has 40 heavy (non-hydrogen) atoms. The molecular formula is C26H23ClN6O5S2. The minimum absolute atomic E-state index is 0.0248. The molecule has 0 spiro atoms. The molecule has 0 radical (unpaired) electrons. The van der Waals surface area contributed by atoms with Crippen molar-refractivity contribution < 1.29 is 24.0 Å². The maximum Gasteiger partial charge on any atom is 0.356 e. The molecule has 3 N–H and O–H groups in total. The molecule has 0 aliphatic carbocycles. The molecule has 1 fully saturated rings. The molecule has 1 aromatic heterocycles. The number of hydrogen-bond donors (Lipinski definition) is 2. The number of rotatable bonds is 9. The normalized spacial score (nSPS) is 18.7. The SMILES string of the molecule is CON=C(C(=O)N[C@@H]1C(=O)N2C(C(=O)OC(c3ccccc3)c3ccccc3)=C(CCl)CS[C@@H]12)c1nsc(N)n1. The van der Waals surface area contributed by atoms with E-state index < -0.39 is 35.3 Å². The zero-order chi connectivity index (χ0) is 28.2. The maximum absolute atomic E-state index is 13.7. The third-order valence-corrected chi connectivity index (χ3v) is 8.37. The molecule has 2 atom stereocenters. The molecule has 2 amide bonds. The van der Waals surface area contributed by atoms with E-state index in [2.05, 4.69) is 19.8 Å². The number of oxime groups is 1. The number of fused-ring (bicyclic) bond motifs is 1. The quantitative estimate of drug-likeness (QED) is 0.125. The summed E-state index contributed by atoms with van der Waals surface area (Å²) in [7, 11) is 1.27. The summed E-state index contributed by atoms with van der Waals surface area (Å²) >= 11 is 8.47. The number of nitrogen functional groups attached to an aromatic ring is 1. The molecule has 1 saturated heterocycles. The number of nitrogens with two attached hydrogens (primary N) is 1. The summed E-state index contributed by atoms with van der Waals surface area (Å²) in [6, 6.07) is 17.7. The lowest BCUT2D eigenvalue weighted by atomic mass is 10.0. The molecule has 2 aliphatic heterocycles. The standard InChI is InChI=1S/C26H23ClN6O5S2/c1-37-31-17(21-30-26(28)40-32-21)22(34)29-18-23(35)33-19(16(12-27)13-39-24(18)33)25(36)38-20(14-8-4-2-5-9-14)15-10-6-3-7-11-15/h2-11,18,20,24H,12-13H2,1H3,(H,29,34)(H2,28,30,32)/t18-,24+/m1/s1. The van der Waals surface area contributed by atoms with E-state index in [1.807, 2.05) is 60.7 Å². The van der Waals surface area contributed by atoms with E-state index in [4.69, 9.17) is 26.9 Å². The monoisotopic (exact) mass is 598 g/mol. The molecule has 0 bridgehead atoms. The van der Waals surface area contributed by atoms with Gasteiger partial charge in [0.2, 0.25) is 11.5 Å². The Bertz CT molecular complexity index is 1440. The summed E-state index contributed by atoms with van der Waals surface area (Å²) in [5, 5.41) is 5.95. The number of carbonyl (C=O) groups excluding carboxylic acids is 3. The molecule has 0 unspecified atom stereocenters. The zero-order valence-electron chi connectivity index (χ0n) is 21.0. The van der Waals surface area contributed by atoms with E-state index in [1.54, 1.807) is 0 Å². The Hall–Kier alpha value is -3.94. The van der Waals surface area contributed by atoms with Crippen molar-refractivity contribution in [3.05, 3.63) is 88.9 Å². The number of thioether (sulfide) groups is 1. The van der Waals surface area contributed by atoms with Crippen LogP contribution in [0, 0.1) is 0 Å². The van der Waals surface area contributed by atoms with E-state index in [9.17, 15) is 14.4 Å². The summed E-state index contributed by atoms with van der Waals surface area (Å²) < 4.78 is 10.0. The number of nitrogens with zero attached hydrogens (tertiary/aromatic N) is 4. The van der Waals surface area contributed by atoms with Crippen LogP contribution in [0.3, 0.4) is 0 Å². The van der Waals surface area contributed by atoms with Crippen LogP contribution in [0.2, 0.25) is 0 Å². The fourth-order valence-electron chi connectivity index (χ4n) is 4.34. The molecule has 2 aliphatic rings. The first kappa shape index (κ1) is 27.6. The van der Waals surface area contributed by atoms with Crippen LogP contribution >= 0.6 is 34.9 Å². The van der Waals surface area contributed by atoms with Crippen molar-refractivity contribution in [2.24, 2.45) is 5.16 Å². The summed E-state index contributed by atoms with van der Waals surface area (Å²) in [6.07, 6.45) is -0.704. The Morgan fingerprint density at radius 1 is 1.18 bits per heavy atom. The van der Waals surface area contributed by atoms with Gasteiger partial charge in [0.15, 0.2) is 11.2 Å². The summed E-state index contributed by atoms with van der Waals surface area (Å²) in [5.74, 6) is -1.50. The summed E-state index contributed by atoms with van der Waals surface area (Å²) in [5.41, 5.74) is 7.61. The molecule has 11 nitrogen and oxygen atoms in total. The summed E-state index contributed by atoms with van der Waals surface area (Å²) in [4.78, 5) is 50.1. The van der Waals surface area contributed by atoms with Crippen molar-refractivity contribution in [2.75, 3.05) is 24.5 Å². The molecule has 3 heterocycles. The van der Waals surface area contributed by atoms with Crippen LogP contribution in [0.4, 0.5) is 5.13 Å². The van der Waals surface area contributed by atoms with Gasteiger partial charge in [0.1, 0.15) is 24.2 Å². The minimum Gasteiger partial charge on any atom is -0.448 e. The number of carbonyl (C=O) groups is 3. The van der Waals surface area contributed by atoms with Gasteiger partial charge in [-0.15, -0.1) is 23.4 Å². The molecule has 5 rings (SSSR count). The highest BCUT2D eigenvalue weighted by molar-refractivity contribution is 8.00. The lowest BCUT2D eigenvalue weighted by Crippen LogP contribution is -2.71. The van der Waals surface area contributed by atoms with Gasteiger partial charge in [0.05, 0.1) is 0 Å². The highest BCUT2D eigenvalue weighted by Crippen LogP contribution is 2.42. The van der Waals surface area contributed by atoms with Gasteiger partial charge in [-0.25, -0.2) is 4.79 Å². The first-order chi connectivity index (χ1) is 19.4. The van der Waals surface area contributed by atoms with Gasteiger partial charge < -0.3 is 20.6 Å². The number of hydrogen-bond acceptors (Lipinski definition) is 11. The Morgan fingerprint density at radius 3 is 2.38 bits per heavy atom. The number of ether oxygens (including phenoxy) is 1. The van der Waals surface area contributed by atoms with Crippen molar-refractivity contribution in [1.82, 2.24) is 19.6 Å². The van der Waals surface area contributed by atoms with Crippen molar-refractivity contribution in [1.29, 1.82) is 0 Å². The van der Waals surface area contributed by atoms with Gasteiger partial charge in [-0.3, -0.25) is 14.5 Å². The summed E-state index contributed by atoms with van der Waals surface area (Å²) in [6.45, 7) is 0. The van der Waals surface area contributed by atoms with Crippen molar-refractivity contribution >= 4 is 63.5 Å². The lowest BCUT2D eigenvalue weighted by molar-refractivity contribution is -0.154. The Morgan fingerprint density at radius 2 is 1.82 bits per heavy atom. The van der Waals surface area contributed by atoms with Gasteiger partial charge in [-0.2, -0.15) is 9.36 Å². The smallest absolute Gasteiger partial charge is 0.356 e. The average Bonchev–Trinajstić information content (AvgIpc) is 3.42. The van der Waals surface area contributed by atoms with Crippen LogP contribution in [0.15, 0.2) is 77.1 Å². The number of alkyl halides is 1. The zero-order valence-corrected chi connectivity index (χ0v) is 23.4. The van der Waals surface area contributed by atoms with Gasteiger partial charge in [0.25, 0.3) is 11.8 Å². The highest BCUT2D eigenvalue weighted by Gasteiger charge is 2.55. The fraction of sp³-hybridized carbons (Fsp3) is 0.231. The van der Waals surface area contributed by atoms with Crippen LogP contribution < -0.4 is 11.1 Å². The van der Waals surface area contributed by atoms with Gasteiger partial charge in [-0.1, -0.05) is 65.8 Å². The Kier molecular flexibility index (Phi) is 8.33. The van der Waals surface area contributed by atoms with E-state index in [0.717, 1.165) is 22.7 Å². The number of nitrogens with one attached hydrogen (secondary N) is 1. The van der Waals surface area contributed by atoms with Gasteiger partial charge in [0, 0.05) is 23.2 Å². The number of β-lactam (4-membered cyclic amide) rings is 1. The van der Waals surface area contributed by atoms with Crippen LogP contribution in [-0.2, 0) is 24.0 Å². The van der Waals surface area contributed by atoms with Crippen molar-refractivity contribution in [2.45, 2.75) is 17.5 Å². The molecule has 14 heteroatoms. The molecule has 206 valence electrons. The highest BCUT2D eigenvalue weighted by atomic mass is 35.5.